The maximum Gasteiger partial charge on any atom is 0.225 e. The summed E-state index contributed by atoms with van der Waals surface area (Å²) < 4.78 is 11.7. The highest BCUT2D eigenvalue weighted by Gasteiger charge is 2.18. The fourth-order valence-corrected chi connectivity index (χ4v) is 3.93. The van der Waals surface area contributed by atoms with Crippen molar-refractivity contribution in [3.8, 4) is 17.2 Å². The van der Waals surface area contributed by atoms with Crippen molar-refractivity contribution in [3.63, 3.8) is 0 Å². The van der Waals surface area contributed by atoms with Gasteiger partial charge >= 0.3 is 0 Å². The number of benzene rings is 3. The number of carbonyl (C=O) groups is 1. The van der Waals surface area contributed by atoms with Gasteiger partial charge in [0.2, 0.25) is 5.91 Å². The van der Waals surface area contributed by atoms with Crippen molar-refractivity contribution >= 4 is 23.2 Å². The van der Waals surface area contributed by atoms with Crippen LogP contribution in [0.3, 0.4) is 0 Å². The van der Waals surface area contributed by atoms with E-state index >= 15 is 0 Å². The molecular weight excluding hydrogens is 450 g/mol. The average Bonchev–Trinajstić information content (AvgIpc) is 2.87. The quantitative estimate of drug-likeness (QED) is 0.435. The van der Waals surface area contributed by atoms with E-state index in [1.54, 1.807) is 0 Å². The van der Waals surface area contributed by atoms with Gasteiger partial charge in [-0.2, -0.15) is 0 Å². The Kier molecular flexibility index (Phi) is 8.79. The number of nitrogens with zero attached hydrogens (tertiary/aromatic N) is 2. The highest BCUT2D eigenvalue weighted by molar-refractivity contribution is 6.30. The third-order valence-corrected chi connectivity index (χ3v) is 5.99. The number of piperazine rings is 1. The van der Waals surface area contributed by atoms with Crippen molar-refractivity contribution in [2.75, 3.05) is 51.2 Å². The van der Waals surface area contributed by atoms with E-state index in [1.807, 2.05) is 78.9 Å². The third-order valence-electron chi connectivity index (χ3n) is 5.74. The molecule has 0 atom stereocenters. The van der Waals surface area contributed by atoms with E-state index < -0.39 is 0 Å². The zero-order valence-electron chi connectivity index (χ0n) is 19.2. The first kappa shape index (κ1) is 24.1. The predicted molar refractivity (Wildman–Crippen MR) is 136 cm³/mol. The second-order valence-electron chi connectivity index (χ2n) is 8.20. The molecule has 0 bridgehead atoms. The van der Waals surface area contributed by atoms with Crippen LogP contribution in [0.4, 0.5) is 5.69 Å². The topological polar surface area (TPSA) is 54.0 Å². The van der Waals surface area contributed by atoms with E-state index in [0.29, 0.717) is 29.5 Å². The van der Waals surface area contributed by atoms with Crippen LogP contribution < -0.4 is 14.8 Å². The van der Waals surface area contributed by atoms with Crippen molar-refractivity contribution in [1.82, 2.24) is 9.80 Å². The molecular formula is C27H30ClN3O3. The molecule has 1 aliphatic heterocycles. The molecule has 0 spiro atoms. The summed E-state index contributed by atoms with van der Waals surface area (Å²) in [6.45, 7) is 6.11. The lowest BCUT2D eigenvalue weighted by molar-refractivity contribution is -0.116. The van der Waals surface area contributed by atoms with Crippen LogP contribution in [0.2, 0.25) is 5.02 Å². The van der Waals surface area contributed by atoms with E-state index in [-0.39, 0.29) is 5.91 Å². The van der Waals surface area contributed by atoms with Gasteiger partial charge in [-0.3, -0.25) is 9.69 Å². The normalized spacial score (nSPS) is 14.5. The molecule has 1 N–H and O–H groups in total. The second kappa shape index (κ2) is 12.4. The van der Waals surface area contributed by atoms with Crippen LogP contribution in [-0.2, 0) is 4.79 Å². The van der Waals surface area contributed by atoms with E-state index in [0.717, 1.165) is 50.8 Å². The summed E-state index contributed by atoms with van der Waals surface area (Å²) in [5, 5.41) is 3.71. The fourth-order valence-electron chi connectivity index (χ4n) is 3.81. The Morgan fingerprint density at radius 2 is 1.44 bits per heavy atom. The Morgan fingerprint density at radius 1 is 0.794 bits per heavy atom. The SMILES string of the molecule is O=C(CCN1CCN(CCOc2ccc(Cl)cc2)CC1)Nc1ccccc1Oc1ccccc1. The van der Waals surface area contributed by atoms with Crippen LogP contribution in [0.1, 0.15) is 6.42 Å². The molecule has 1 amide bonds. The number of nitrogens with one attached hydrogen (secondary N) is 1. The van der Waals surface area contributed by atoms with Gasteiger partial charge in [-0.1, -0.05) is 41.9 Å². The highest BCUT2D eigenvalue weighted by atomic mass is 35.5. The van der Waals surface area contributed by atoms with Gasteiger partial charge < -0.3 is 19.7 Å². The Bertz CT molecular complexity index is 1040. The van der Waals surface area contributed by atoms with Crippen LogP contribution in [0.25, 0.3) is 0 Å². The molecule has 1 fully saturated rings. The molecule has 0 saturated carbocycles. The van der Waals surface area contributed by atoms with Gasteiger partial charge in [0.1, 0.15) is 18.1 Å². The van der Waals surface area contributed by atoms with Crippen molar-refractivity contribution in [3.05, 3.63) is 83.9 Å². The maximum atomic E-state index is 12.6. The number of hydrogen-bond acceptors (Lipinski definition) is 5. The summed E-state index contributed by atoms with van der Waals surface area (Å²) in [5.41, 5.74) is 0.682. The number of hydrogen-bond donors (Lipinski definition) is 1. The Balaban J connectivity index is 1.15. The Morgan fingerprint density at radius 3 is 2.18 bits per heavy atom. The number of amides is 1. The van der Waals surface area contributed by atoms with Gasteiger partial charge in [0.25, 0.3) is 0 Å². The molecule has 1 aliphatic rings. The molecule has 1 heterocycles. The average molecular weight is 480 g/mol. The molecule has 34 heavy (non-hydrogen) atoms. The first-order valence-electron chi connectivity index (χ1n) is 11.6. The first-order valence-corrected chi connectivity index (χ1v) is 12.0. The second-order valence-corrected chi connectivity index (χ2v) is 8.63. The van der Waals surface area contributed by atoms with Crippen LogP contribution in [0, 0.1) is 0 Å². The fraction of sp³-hybridized carbons (Fsp3) is 0.296. The number of ether oxygens (including phenoxy) is 2. The lowest BCUT2D eigenvalue weighted by Gasteiger charge is -2.34. The molecule has 0 unspecified atom stereocenters. The number of anilines is 1. The standard InChI is InChI=1S/C27H30ClN3O3/c28-22-10-12-23(13-11-22)33-21-20-31-18-16-30(17-19-31)15-14-27(32)29-25-8-4-5-9-26(25)34-24-6-2-1-3-7-24/h1-13H,14-21H2,(H,29,32). The van der Waals surface area contributed by atoms with E-state index in [1.165, 1.54) is 0 Å². The molecule has 0 aromatic heterocycles. The molecule has 4 rings (SSSR count). The summed E-state index contributed by atoms with van der Waals surface area (Å²) in [6.07, 6.45) is 0.444. The number of halogens is 1. The van der Waals surface area contributed by atoms with Gasteiger partial charge in [0.05, 0.1) is 5.69 Å². The summed E-state index contributed by atoms with van der Waals surface area (Å²) >= 11 is 5.90. The molecule has 0 radical (unpaired) electrons. The lowest BCUT2D eigenvalue weighted by atomic mass is 10.2. The molecule has 3 aromatic carbocycles. The maximum absolute atomic E-state index is 12.6. The summed E-state index contributed by atoms with van der Waals surface area (Å²) in [7, 11) is 0. The summed E-state index contributed by atoms with van der Waals surface area (Å²) in [5.74, 6) is 2.20. The van der Waals surface area contributed by atoms with Gasteiger partial charge in [0, 0.05) is 50.7 Å². The first-order chi connectivity index (χ1) is 16.7. The van der Waals surface area contributed by atoms with Gasteiger partial charge in [-0.25, -0.2) is 0 Å². The van der Waals surface area contributed by atoms with Crippen molar-refractivity contribution in [2.24, 2.45) is 0 Å². The van der Waals surface area contributed by atoms with Gasteiger partial charge in [-0.15, -0.1) is 0 Å². The van der Waals surface area contributed by atoms with Crippen molar-refractivity contribution in [2.45, 2.75) is 6.42 Å². The minimum Gasteiger partial charge on any atom is -0.492 e. The van der Waals surface area contributed by atoms with E-state index in [2.05, 4.69) is 15.1 Å². The van der Waals surface area contributed by atoms with E-state index in [4.69, 9.17) is 21.1 Å². The minimum absolute atomic E-state index is 0.0112. The predicted octanol–water partition coefficient (Wildman–Crippen LogP) is 5.16. The van der Waals surface area contributed by atoms with Crippen molar-refractivity contribution in [1.29, 1.82) is 0 Å². The number of para-hydroxylation sites is 3. The Hall–Kier alpha value is -3.06. The van der Waals surface area contributed by atoms with Crippen LogP contribution >= 0.6 is 11.6 Å². The van der Waals surface area contributed by atoms with Gasteiger partial charge in [0.15, 0.2) is 5.75 Å². The smallest absolute Gasteiger partial charge is 0.225 e. The van der Waals surface area contributed by atoms with Crippen LogP contribution in [0.5, 0.6) is 17.2 Å². The molecule has 7 heteroatoms. The Labute approximate surface area is 206 Å². The molecule has 6 nitrogen and oxygen atoms in total. The molecule has 0 aliphatic carbocycles. The largest absolute Gasteiger partial charge is 0.492 e. The van der Waals surface area contributed by atoms with Crippen molar-refractivity contribution < 1.29 is 14.3 Å². The summed E-state index contributed by atoms with van der Waals surface area (Å²) in [4.78, 5) is 17.3. The highest BCUT2D eigenvalue weighted by Crippen LogP contribution is 2.29. The van der Waals surface area contributed by atoms with Crippen LogP contribution in [-0.4, -0.2) is 61.6 Å². The monoisotopic (exact) mass is 479 g/mol. The molecule has 1 saturated heterocycles. The van der Waals surface area contributed by atoms with E-state index in [9.17, 15) is 4.79 Å². The zero-order valence-corrected chi connectivity index (χ0v) is 19.9. The zero-order chi connectivity index (χ0) is 23.6. The lowest BCUT2D eigenvalue weighted by Crippen LogP contribution is -2.48. The van der Waals surface area contributed by atoms with Gasteiger partial charge in [-0.05, 0) is 48.5 Å². The molecule has 3 aromatic rings. The third kappa shape index (κ3) is 7.48. The number of carbonyl (C=O) groups excluding carboxylic acids is 1. The number of rotatable bonds is 10. The summed E-state index contributed by atoms with van der Waals surface area (Å²) in [6, 6.07) is 24.5. The van der Waals surface area contributed by atoms with Crippen LogP contribution in [0.15, 0.2) is 78.9 Å². The molecule has 178 valence electrons. The minimum atomic E-state index is -0.0112.